The molecule has 0 unspecified atom stereocenters. The van der Waals surface area contributed by atoms with Crippen LogP contribution in [0.2, 0.25) is 5.02 Å². The molecule has 0 heterocycles. The van der Waals surface area contributed by atoms with E-state index >= 15 is 0 Å². The van der Waals surface area contributed by atoms with Crippen molar-refractivity contribution in [3.63, 3.8) is 0 Å². The van der Waals surface area contributed by atoms with Gasteiger partial charge in [-0.05, 0) is 6.07 Å². The molecule has 1 aromatic rings. The van der Waals surface area contributed by atoms with Gasteiger partial charge in [0.15, 0.2) is 5.69 Å². The zero-order valence-corrected chi connectivity index (χ0v) is 5.89. The standard InChI is InChI=1S/C7H5ClN2/c1-10-5-2-3-6(8)7(9)4-5/h2-4H,9H2. The van der Waals surface area contributed by atoms with Crippen molar-refractivity contribution in [2.24, 2.45) is 0 Å². The molecule has 1 rings (SSSR count). The van der Waals surface area contributed by atoms with Gasteiger partial charge in [-0.25, -0.2) is 4.85 Å². The van der Waals surface area contributed by atoms with Crippen molar-refractivity contribution < 1.29 is 0 Å². The summed E-state index contributed by atoms with van der Waals surface area (Å²) < 4.78 is 0. The van der Waals surface area contributed by atoms with E-state index in [1.54, 1.807) is 18.2 Å². The van der Waals surface area contributed by atoms with E-state index in [1.165, 1.54) is 0 Å². The number of benzene rings is 1. The molecule has 2 N–H and O–H groups in total. The normalized spacial score (nSPS) is 8.80. The molecule has 2 nitrogen and oxygen atoms in total. The van der Waals surface area contributed by atoms with Crippen LogP contribution in [0.4, 0.5) is 11.4 Å². The van der Waals surface area contributed by atoms with Crippen molar-refractivity contribution in [1.82, 2.24) is 0 Å². The molecule has 0 amide bonds. The Morgan fingerprint density at radius 1 is 1.50 bits per heavy atom. The first kappa shape index (κ1) is 6.91. The number of anilines is 1. The van der Waals surface area contributed by atoms with Crippen molar-refractivity contribution in [2.75, 3.05) is 5.73 Å². The van der Waals surface area contributed by atoms with E-state index in [2.05, 4.69) is 4.85 Å². The van der Waals surface area contributed by atoms with E-state index < -0.39 is 0 Å². The minimum absolute atomic E-state index is 0.454. The molecule has 50 valence electrons. The van der Waals surface area contributed by atoms with Crippen molar-refractivity contribution >= 4 is 23.0 Å². The lowest BCUT2D eigenvalue weighted by molar-refractivity contribution is 1.69. The second-order valence-electron chi connectivity index (χ2n) is 1.82. The van der Waals surface area contributed by atoms with Gasteiger partial charge in [-0.15, -0.1) is 0 Å². The van der Waals surface area contributed by atoms with Crippen molar-refractivity contribution in [3.05, 3.63) is 34.6 Å². The molecule has 10 heavy (non-hydrogen) atoms. The maximum absolute atomic E-state index is 6.64. The zero-order chi connectivity index (χ0) is 7.56. The van der Waals surface area contributed by atoms with Crippen LogP contribution in [0.1, 0.15) is 0 Å². The Morgan fingerprint density at radius 3 is 2.70 bits per heavy atom. The van der Waals surface area contributed by atoms with E-state index in [1.807, 2.05) is 0 Å². The Bertz CT molecular complexity index is 288. The first-order valence-electron chi connectivity index (χ1n) is 2.66. The van der Waals surface area contributed by atoms with Gasteiger partial charge in [-0.3, -0.25) is 0 Å². The minimum Gasteiger partial charge on any atom is -0.399 e. The predicted octanol–water partition coefficient (Wildman–Crippen LogP) is 2.47. The Balaban J connectivity index is 3.20. The maximum atomic E-state index is 6.64. The van der Waals surface area contributed by atoms with Gasteiger partial charge in [0.2, 0.25) is 0 Å². The Kier molecular flexibility index (Phi) is 1.79. The lowest BCUT2D eigenvalue weighted by Crippen LogP contribution is -1.83. The first-order valence-corrected chi connectivity index (χ1v) is 3.04. The summed E-state index contributed by atoms with van der Waals surface area (Å²) in [7, 11) is 0. The molecule has 0 aliphatic heterocycles. The maximum Gasteiger partial charge on any atom is 0.189 e. The summed E-state index contributed by atoms with van der Waals surface area (Å²) in [6.45, 7) is 6.64. The molecule has 0 aromatic heterocycles. The minimum atomic E-state index is 0.454. The molecule has 1 aromatic carbocycles. The summed E-state index contributed by atoms with van der Waals surface area (Å²) in [5, 5.41) is 0.493. The van der Waals surface area contributed by atoms with Gasteiger partial charge in [0.1, 0.15) is 0 Å². The molecule has 0 spiro atoms. The molecular formula is C7H5ClN2. The van der Waals surface area contributed by atoms with Gasteiger partial charge in [-0.2, -0.15) is 0 Å². The van der Waals surface area contributed by atoms with E-state index in [-0.39, 0.29) is 0 Å². The number of nitrogens with zero attached hydrogens (tertiary/aromatic N) is 1. The highest BCUT2D eigenvalue weighted by Crippen LogP contribution is 2.23. The zero-order valence-electron chi connectivity index (χ0n) is 5.13. The van der Waals surface area contributed by atoms with Crippen LogP contribution in [0.5, 0.6) is 0 Å². The van der Waals surface area contributed by atoms with Gasteiger partial charge in [0.25, 0.3) is 0 Å². The van der Waals surface area contributed by atoms with Gasteiger partial charge in [0.05, 0.1) is 11.6 Å². The van der Waals surface area contributed by atoms with Crippen LogP contribution < -0.4 is 5.73 Å². The smallest absolute Gasteiger partial charge is 0.189 e. The number of rotatable bonds is 0. The average molecular weight is 153 g/mol. The van der Waals surface area contributed by atoms with Crippen LogP contribution in [0.25, 0.3) is 4.85 Å². The van der Waals surface area contributed by atoms with Crippen LogP contribution in [-0.2, 0) is 0 Å². The molecule has 3 heteroatoms. The van der Waals surface area contributed by atoms with E-state index in [4.69, 9.17) is 23.9 Å². The van der Waals surface area contributed by atoms with Crippen molar-refractivity contribution in [2.45, 2.75) is 0 Å². The second-order valence-corrected chi connectivity index (χ2v) is 2.22. The largest absolute Gasteiger partial charge is 0.399 e. The van der Waals surface area contributed by atoms with Gasteiger partial charge < -0.3 is 5.73 Å². The average Bonchev–Trinajstić information content (AvgIpc) is 1.95. The predicted molar refractivity (Wildman–Crippen MR) is 42.1 cm³/mol. The van der Waals surface area contributed by atoms with Crippen LogP contribution in [0, 0.1) is 6.57 Å². The van der Waals surface area contributed by atoms with Gasteiger partial charge in [0, 0.05) is 5.69 Å². The number of hydrogen-bond acceptors (Lipinski definition) is 1. The summed E-state index contributed by atoms with van der Waals surface area (Å²) in [5.41, 5.74) is 6.39. The van der Waals surface area contributed by atoms with Crippen molar-refractivity contribution in [1.29, 1.82) is 0 Å². The Hall–Kier alpha value is -1.20. The topological polar surface area (TPSA) is 30.4 Å². The fourth-order valence-corrected chi connectivity index (χ4v) is 0.718. The number of nitrogens with two attached hydrogens (primary N) is 1. The molecule has 0 aliphatic rings. The molecule has 0 fully saturated rings. The monoisotopic (exact) mass is 152 g/mol. The number of hydrogen-bond donors (Lipinski definition) is 1. The van der Waals surface area contributed by atoms with Gasteiger partial charge >= 0.3 is 0 Å². The molecule has 0 radical (unpaired) electrons. The number of nitrogen functional groups attached to an aromatic ring is 1. The molecule has 0 bridgehead atoms. The van der Waals surface area contributed by atoms with Crippen LogP contribution in [0.3, 0.4) is 0 Å². The molecule has 0 aliphatic carbocycles. The van der Waals surface area contributed by atoms with Crippen LogP contribution in [-0.4, -0.2) is 0 Å². The third-order valence-electron chi connectivity index (χ3n) is 1.11. The molecular weight excluding hydrogens is 148 g/mol. The quantitative estimate of drug-likeness (QED) is 0.449. The molecule has 0 saturated carbocycles. The highest BCUT2D eigenvalue weighted by molar-refractivity contribution is 6.33. The summed E-state index contributed by atoms with van der Waals surface area (Å²) in [6.07, 6.45) is 0. The third kappa shape index (κ3) is 1.20. The Labute approximate surface area is 64.0 Å². The van der Waals surface area contributed by atoms with E-state index in [0.29, 0.717) is 16.4 Å². The van der Waals surface area contributed by atoms with Crippen LogP contribution in [0.15, 0.2) is 18.2 Å². The van der Waals surface area contributed by atoms with Crippen LogP contribution >= 0.6 is 11.6 Å². The second kappa shape index (κ2) is 2.59. The third-order valence-corrected chi connectivity index (χ3v) is 1.45. The van der Waals surface area contributed by atoms with Gasteiger partial charge in [-0.1, -0.05) is 23.7 Å². The highest BCUT2D eigenvalue weighted by atomic mass is 35.5. The fourth-order valence-electron chi connectivity index (χ4n) is 0.601. The Morgan fingerprint density at radius 2 is 2.20 bits per heavy atom. The lowest BCUT2D eigenvalue weighted by atomic mass is 10.3. The summed E-state index contributed by atoms with van der Waals surface area (Å²) in [6, 6.07) is 4.80. The van der Waals surface area contributed by atoms with Crippen molar-refractivity contribution in [3.8, 4) is 0 Å². The summed E-state index contributed by atoms with van der Waals surface area (Å²) >= 11 is 5.61. The fraction of sp³-hybridized carbons (Fsp3) is 0. The molecule has 0 atom stereocenters. The summed E-state index contributed by atoms with van der Waals surface area (Å²) in [4.78, 5) is 3.18. The number of halogens is 1. The summed E-state index contributed by atoms with van der Waals surface area (Å²) in [5.74, 6) is 0. The van der Waals surface area contributed by atoms with E-state index in [9.17, 15) is 0 Å². The SMILES string of the molecule is [C-]#[N+]c1ccc(Cl)c(N)c1. The van der Waals surface area contributed by atoms with E-state index in [0.717, 1.165) is 0 Å². The highest BCUT2D eigenvalue weighted by Gasteiger charge is 1.95. The first-order chi connectivity index (χ1) is 4.74. The molecule has 0 saturated heterocycles. The lowest BCUT2D eigenvalue weighted by Gasteiger charge is -1.95.